The van der Waals surface area contributed by atoms with Crippen LogP contribution in [0.3, 0.4) is 0 Å². The van der Waals surface area contributed by atoms with E-state index in [0.29, 0.717) is 36.1 Å². The van der Waals surface area contributed by atoms with Crippen LogP contribution in [0, 0.1) is 6.92 Å². The van der Waals surface area contributed by atoms with Gasteiger partial charge in [-0.2, -0.15) is 4.31 Å². The van der Waals surface area contributed by atoms with Crippen molar-refractivity contribution in [1.29, 1.82) is 0 Å². The summed E-state index contributed by atoms with van der Waals surface area (Å²) < 4.78 is 27.1. The van der Waals surface area contributed by atoms with Crippen LogP contribution in [0.4, 0.5) is 0 Å². The fourth-order valence-corrected chi connectivity index (χ4v) is 4.43. The predicted molar refractivity (Wildman–Crippen MR) is 94.5 cm³/mol. The summed E-state index contributed by atoms with van der Waals surface area (Å²) in [5.74, 6) is 0. The molecule has 2 heterocycles. The Morgan fingerprint density at radius 2 is 1.92 bits per heavy atom. The third-order valence-corrected chi connectivity index (χ3v) is 6.55. The van der Waals surface area contributed by atoms with Crippen molar-refractivity contribution in [2.24, 2.45) is 0 Å². The van der Waals surface area contributed by atoms with Crippen LogP contribution < -0.4 is 0 Å². The van der Waals surface area contributed by atoms with Gasteiger partial charge in [-0.3, -0.25) is 9.88 Å². The summed E-state index contributed by atoms with van der Waals surface area (Å²) in [6.07, 6.45) is 3.60. The predicted octanol–water partition coefficient (Wildman–Crippen LogP) is 2.55. The summed E-state index contributed by atoms with van der Waals surface area (Å²) in [5.41, 5.74) is 1.91. The lowest BCUT2D eigenvalue weighted by Gasteiger charge is -2.34. The Morgan fingerprint density at radius 3 is 2.54 bits per heavy atom. The monoisotopic (exact) mass is 365 g/mol. The molecule has 0 unspecified atom stereocenters. The second kappa shape index (κ2) is 7.19. The van der Waals surface area contributed by atoms with Crippen LogP contribution >= 0.6 is 11.6 Å². The molecule has 1 saturated heterocycles. The maximum Gasteiger partial charge on any atom is 0.243 e. The van der Waals surface area contributed by atoms with Gasteiger partial charge in [0.05, 0.1) is 4.90 Å². The van der Waals surface area contributed by atoms with Crippen LogP contribution in [0.2, 0.25) is 5.02 Å². The molecule has 24 heavy (non-hydrogen) atoms. The van der Waals surface area contributed by atoms with Gasteiger partial charge in [-0.15, -0.1) is 0 Å². The highest BCUT2D eigenvalue weighted by Crippen LogP contribution is 2.23. The second-order valence-electron chi connectivity index (χ2n) is 5.95. The van der Waals surface area contributed by atoms with Crippen LogP contribution in [0.15, 0.2) is 47.6 Å². The van der Waals surface area contributed by atoms with Gasteiger partial charge in [0.25, 0.3) is 0 Å². The third-order valence-electron chi connectivity index (χ3n) is 4.23. The molecule has 5 nitrogen and oxygen atoms in total. The fourth-order valence-electron chi connectivity index (χ4n) is 2.80. The summed E-state index contributed by atoms with van der Waals surface area (Å²) in [7, 11) is -3.46. The second-order valence-corrected chi connectivity index (χ2v) is 8.30. The number of pyridine rings is 1. The van der Waals surface area contributed by atoms with Crippen LogP contribution in [-0.2, 0) is 16.6 Å². The molecule has 7 heteroatoms. The Morgan fingerprint density at radius 1 is 1.17 bits per heavy atom. The van der Waals surface area contributed by atoms with Gasteiger partial charge < -0.3 is 0 Å². The Labute approximate surface area is 147 Å². The first-order chi connectivity index (χ1) is 11.5. The van der Waals surface area contributed by atoms with Gasteiger partial charge in [-0.1, -0.05) is 17.7 Å². The Balaban J connectivity index is 1.66. The lowest BCUT2D eigenvalue weighted by molar-refractivity contribution is 0.181. The molecule has 0 spiro atoms. The summed E-state index contributed by atoms with van der Waals surface area (Å²) in [6, 6.07) is 8.81. The highest BCUT2D eigenvalue weighted by atomic mass is 35.5. The van der Waals surface area contributed by atoms with Crippen LogP contribution in [-0.4, -0.2) is 48.8 Å². The van der Waals surface area contributed by atoms with Crippen molar-refractivity contribution in [3.63, 3.8) is 0 Å². The minimum absolute atomic E-state index is 0.310. The average Bonchev–Trinajstić information content (AvgIpc) is 2.58. The summed E-state index contributed by atoms with van der Waals surface area (Å²) in [4.78, 5) is 6.67. The SMILES string of the molecule is Cc1cc(S(=O)(=O)N2CCN(Cc3cccnc3)CC2)ccc1Cl. The van der Waals surface area contributed by atoms with E-state index in [-0.39, 0.29) is 0 Å². The number of hydrogen-bond acceptors (Lipinski definition) is 4. The van der Waals surface area contributed by atoms with Crippen molar-refractivity contribution >= 4 is 21.6 Å². The Bertz CT molecular complexity index is 804. The molecular weight excluding hydrogens is 346 g/mol. The van der Waals surface area contributed by atoms with Crippen molar-refractivity contribution in [1.82, 2.24) is 14.2 Å². The number of aryl methyl sites for hydroxylation is 1. The highest BCUT2D eigenvalue weighted by Gasteiger charge is 2.28. The first-order valence-electron chi connectivity index (χ1n) is 7.84. The van der Waals surface area contributed by atoms with Gasteiger partial charge in [0.1, 0.15) is 0 Å². The smallest absolute Gasteiger partial charge is 0.243 e. The minimum atomic E-state index is -3.46. The normalized spacial score (nSPS) is 17.1. The molecule has 1 fully saturated rings. The van der Waals surface area contributed by atoms with E-state index in [9.17, 15) is 8.42 Å². The van der Waals surface area contributed by atoms with Crippen molar-refractivity contribution in [3.05, 3.63) is 58.9 Å². The highest BCUT2D eigenvalue weighted by molar-refractivity contribution is 7.89. The molecule has 0 aliphatic carbocycles. The van der Waals surface area contributed by atoms with Crippen molar-refractivity contribution in [3.8, 4) is 0 Å². The first-order valence-corrected chi connectivity index (χ1v) is 9.66. The van der Waals surface area contributed by atoms with E-state index in [1.807, 2.05) is 25.3 Å². The van der Waals surface area contributed by atoms with Crippen LogP contribution in [0.5, 0.6) is 0 Å². The van der Waals surface area contributed by atoms with E-state index in [2.05, 4.69) is 9.88 Å². The fraction of sp³-hybridized carbons (Fsp3) is 0.353. The molecule has 0 saturated carbocycles. The number of nitrogens with zero attached hydrogens (tertiary/aromatic N) is 3. The number of benzene rings is 1. The Hall–Kier alpha value is -1.47. The van der Waals surface area contributed by atoms with E-state index in [4.69, 9.17) is 11.6 Å². The zero-order valence-electron chi connectivity index (χ0n) is 13.5. The van der Waals surface area contributed by atoms with E-state index in [1.54, 1.807) is 28.7 Å². The maximum absolute atomic E-state index is 12.8. The maximum atomic E-state index is 12.8. The number of sulfonamides is 1. The van der Waals surface area contributed by atoms with E-state index in [1.165, 1.54) is 0 Å². The quantitative estimate of drug-likeness (QED) is 0.835. The summed E-state index contributed by atoms with van der Waals surface area (Å²) in [6.45, 7) is 5.00. The number of hydrogen-bond donors (Lipinski definition) is 0. The molecule has 128 valence electrons. The summed E-state index contributed by atoms with van der Waals surface area (Å²) >= 11 is 5.99. The summed E-state index contributed by atoms with van der Waals surface area (Å²) in [5, 5.41) is 0.579. The zero-order valence-corrected chi connectivity index (χ0v) is 15.1. The van der Waals surface area contributed by atoms with Gasteiger partial charge in [0, 0.05) is 50.1 Å². The third kappa shape index (κ3) is 3.78. The van der Waals surface area contributed by atoms with Gasteiger partial charge in [-0.05, 0) is 42.3 Å². The average molecular weight is 366 g/mol. The van der Waals surface area contributed by atoms with Crippen LogP contribution in [0.1, 0.15) is 11.1 Å². The van der Waals surface area contributed by atoms with Gasteiger partial charge in [-0.25, -0.2) is 8.42 Å². The molecule has 0 amide bonds. The van der Waals surface area contributed by atoms with Gasteiger partial charge in [0.2, 0.25) is 10.0 Å². The number of piperazine rings is 1. The van der Waals surface area contributed by atoms with Crippen molar-refractivity contribution < 1.29 is 8.42 Å². The lowest BCUT2D eigenvalue weighted by atomic mass is 10.2. The number of rotatable bonds is 4. The molecule has 1 aromatic carbocycles. The standard InChI is InChI=1S/C17H20ClN3O2S/c1-14-11-16(4-5-17(14)18)24(22,23)21-9-7-20(8-10-21)13-15-3-2-6-19-12-15/h2-6,11-12H,7-10,13H2,1H3. The molecule has 0 radical (unpaired) electrons. The van der Waals surface area contributed by atoms with E-state index in [0.717, 1.165) is 17.7 Å². The Kier molecular flexibility index (Phi) is 5.20. The molecular formula is C17H20ClN3O2S. The molecule has 0 atom stereocenters. The minimum Gasteiger partial charge on any atom is -0.296 e. The molecule has 2 aromatic rings. The van der Waals surface area contributed by atoms with Gasteiger partial charge >= 0.3 is 0 Å². The van der Waals surface area contributed by atoms with Gasteiger partial charge in [0.15, 0.2) is 0 Å². The first kappa shape index (κ1) is 17.4. The largest absolute Gasteiger partial charge is 0.296 e. The zero-order chi connectivity index (χ0) is 17.2. The number of halogens is 1. The molecule has 1 aliphatic rings. The van der Waals surface area contributed by atoms with E-state index < -0.39 is 10.0 Å². The van der Waals surface area contributed by atoms with Crippen molar-refractivity contribution in [2.45, 2.75) is 18.4 Å². The topological polar surface area (TPSA) is 53.5 Å². The molecule has 1 aromatic heterocycles. The number of aromatic nitrogens is 1. The molecule has 1 aliphatic heterocycles. The molecule has 3 rings (SSSR count). The van der Waals surface area contributed by atoms with Crippen LogP contribution in [0.25, 0.3) is 0 Å². The molecule has 0 N–H and O–H groups in total. The van der Waals surface area contributed by atoms with Crippen molar-refractivity contribution in [2.75, 3.05) is 26.2 Å². The molecule has 0 bridgehead atoms. The van der Waals surface area contributed by atoms with E-state index >= 15 is 0 Å². The lowest BCUT2D eigenvalue weighted by Crippen LogP contribution is -2.48.